The van der Waals surface area contributed by atoms with E-state index in [1.54, 1.807) is 24.4 Å². The zero-order valence-electron chi connectivity index (χ0n) is 32.0. The van der Waals surface area contributed by atoms with E-state index in [1.807, 2.05) is 29.2 Å². The number of hydrogen-bond donors (Lipinski definition) is 1. The third kappa shape index (κ3) is 10.4. The molecule has 4 aromatic rings. The molecule has 1 aromatic heterocycles. The van der Waals surface area contributed by atoms with Gasteiger partial charge in [-0.15, -0.1) is 0 Å². The lowest BCUT2D eigenvalue weighted by Gasteiger charge is -2.33. The molecule has 11 nitrogen and oxygen atoms in total. The molecule has 2 aliphatic heterocycles. The molecule has 294 valence electrons. The van der Waals surface area contributed by atoms with Gasteiger partial charge in [-0.25, -0.2) is 0 Å². The van der Waals surface area contributed by atoms with Crippen molar-refractivity contribution < 1.29 is 33.6 Å². The number of ether oxygens (including phenoxy) is 4. The van der Waals surface area contributed by atoms with E-state index in [4.69, 9.17) is 30.5 Å². The van der Waals surface area contributed by atoms with Crippen molar-refractivity contribution in [1.82, 2.24) is 14.8 Å². The van der Waals surface area contributed by atoms with Crippen LogP contribution in [-0.4, -0.2) is 77.3 Å². The zero-order chi connectivity index (χ0) is 39.4. The normalized spacial score (nSPS) is 17.5. The quantitative estimate of drug-likeness (QED) is 0.0828. The number of carboxylic acid groups (broad SMARTS) is 1. The number of likely N-dealkylation sites (tertiary alicyclic amines) is 2. The van der Waals surface area contributed by atoms with Gasteiger partial charge in [0, 0.05) is 49.2 Å². The first kappa shape index (κ1) is 40.5. The second-order valence-electron chi connectivity index (χ2n) is 14.5. The molecule has 0 bridgehead atoms. The summed E-state index contributed by atoms with van der Waals surface area (Å²) in [6, 6.07) is 19.1. The Bertz CT molecular complexity index is 2040. The van der Waals surface area contributed by atoms with E-state index in [9.17, 15) is 20.0 Å². The van der Waals surface area contributed by atoms with Crippen molar-refractivity contribution in [3.63, 3.8) is 0 Å². The number of hydrogen-bond acceptors (Lipinski definition) is 10. The number of piperidine rings is 2. The van der Waals surface area contributed by atoms with E-state index < -0.39 is 12.0 Å². The molecular weight excluding hydrogens is 732 g/mol. The van der Waals surface area contributed by atoms with Crippen molar-refractivity contribution >= 4 is 24.0 Å². The van der Waals surface area contributed by atoms with Crippen molar-refractivity contribution in [3.8, 4) is 34.4 Å². The van der Waals surface area contributed by atoms with Gasteiger partial charge >= 0.3 is 5.97 Å². The largest absolute Gasteiger partial charge is 0.493 e. The lowest BCUT2D eigenvalue weighted by atomic mass is 9.93. The zero-order valence-corrected chi connectivity index (χ0v) is 32.8. The van der Waals surface area contributed by atoms with Gasteiger partial charge in [0.05, 0.1) is 17.2 Å². The number of carbonyl (C=O) groups excluding carboxylic acids is 1. The maximum Gasteiger partial charge on any atom is 0.320 e. The molecule has 0 radical (unpaired) electrons. The fourth-order valence-corrected chi connectivity index (χ4v) is 7.88. The number of aliphatic carboxylic acids is 1. The highest BCUT2D eigenvalue weighted by atomic mass is 35.5. The number of halogens is 1. The first-order valence-electron chi connectivity index (χ1n) is 19.3. The van der Waals surface area contributed by atoms with Crippen LogP contribution in [0.1, 0.15) is 71.9 Å². The molecule has 1 N–H and O–H groups in total. The van der Waals surface area contributed by atoms with Gasteiger partial charge in [-0.2, -0.15) is 5.26 Å². The van der Waals surface area contributed by atoms with Crippen molar-refractivity contribution in [2.45, 2.75) is 84.3 Å². The van der Waals surface area contributed by atoms with Gasteiger partial charge in [0.2, 0.25) is 0 Å². The van der Waals surface area contributed by atoms with Gasteiger partial charge in [-0.3, -0.25) is 24.4 Å². The number of carboxylic acids is 1. The second-order valence-corrected chi connectivity index (χ2v) is 14.9. The Morgan fingerprint density at radius 1 is 0.929 bits per heavy atom. The number of nitriles is 1. The fraction of sp³-hybridized carbons (Fsp3) is 0.409. The Kier molecular flexibility index (Phi) is 14.2. The van der Waals surface area contributed by atoms with E-state index in [2.05, 4.69) is 41.9 Å². The lowest BCUT2D eigenvalue weighted by Crippen LogP contribution is -2.44. The van der Waals surface area contributed by atoms with Crippen LogP contribution in [-0.2, 0) is 34.1 Å². The Morgan fingerprint density at radius 3 is 2.54 bits per heavy atom. The molecule has 2 saturated heterocycles. The van der Waals surface area contributed by atoms with Gasteiger partial charge in [0.25, 0.3) is 6.47 Å². The van der Waals surface area contributed by atoms with Gasteiger partial charge < -0.3 is 24.1 Å². The molecule has 56 heavy (non-hydrogen) atoms. The number of nitrogens with zero attached hydrogens (tertiary/aromatic N) is 4. The predicted octanol–water partition coefficient (Wildman–Crippen LogP) is 7.89. The Labute approximate surface area is 333 Å². The van der Waals surface area contributed by atoms with Gasteiger partial charge in [-0.05, 0) is 105 Å². The molecule has 0 saturated carbocycles. The molecule has 0 unspecified atom stereocenters. The molecule has 0 amide bonds. The molecule has 12 heteroatoms. The minimum Gasteiger partial charge on any atom is -0.493 e. The van der Waals surface area contributed by atoms with E-state index in [0.717, 1.165) is 96.4 Å². The summed E-state index contributed by atoms with van der Waals surface area (Å²) in [6.45, 7) is 9.37. The van der Waals surface area contributed by atoms with Crippen LogP contribution in [0.2, 0.25) is 5.02 Å². The highest BCUT2D eigenvalue weighted by molar-refractivity contribution is 6.32. The summed E-state index contributed by atoms with van der Waals surface area (Å²) in [5.74, 6) is 0.968. The Balaban J connectivity index is 1.15. The molecule has 2 atom stereocenters. The summed E-state index contributed by atoms with van der Waals surface area (Å²) in [7, 11) is 0. The third-order valence-electron chi connectivity index (χ3n) is 10.7. The highest BCUT2D eigenvalue weighted by Crippen LogP contribution is 2.37. The smallest absolute Gasteiger partial charge is 0.320 e. The van der Waals surface area contributed by atoms with E-state index in [1.165, 1.54) is 6.20 Å². The highest BCUT2D eigenvalue weighted by Gasteiger charge is 2.29. The van der Waals surface area contributed by atoms with Crippen LogP contribution in [0.5, 0.6) is 17.2 Å². The fourth-order valence-electron chi connectivity index (χ4n) is 7.64. The minimum atomic E-state index is -0.837. The second kappa shape index (κ2) is 19.6. The van der Waals surface area contributed by atoms with Crippen LogP contribution < -0.4 is 14.2 Å². The third-order valence-corrected chi connectivity index (χ3v) is 11.0. The molecule has 3 aromatic carbocycles. The predicted molar refractivity (Wildman–Crippen MR) is 213 cm³/mol. The topological polar surface area (TPSA) is 134 Å². The number of pyridine rings is 1. The number of benzene rings is 3. The molecular formula is C44H49ClN4O7. The SMILES string of the molecule is Cc1c(COc2cc(OCc3cncc(C#N)c3)c(CN3CCCC[C@H]3C(=O)O)cc2Cl)cccc1-c1cccc(OCCCN2CCC[C@H](OC=O)C2)c1C. The first-order valence-corrected chi connectivity index (χ1v) is 19.6. The molecule has 0 aliphatic carbocycles. The molecule has 2 fully saturated rings. The maximum atomic E-state index is 12.1. The summed E-state index contributed by atoms with van der Waals surface area (Å²) in [4.78, 5) is 31.3. The maximum absolute atomic E-state index is 12.1. The minimum absolute atomic E-state index is 0.0255. The Hall–Kier alpha value is -5.15. The van der Waals surface area contributed by atoms with Crippen LogP contribution >= 0.6 is 11.6 Å². The van der Waals surface area contributed by atoms with Gasteiger partial charge in [-0.1, -0.05) is 48.4 Å². The van der Waals surface area contributed by atoms with Crippen LogP contribution in [0.15, 0.2) is 67.0 Å². The molecule has 6 rings (SSSR count). The number of rotatable bonds is 17. The van der Waals surface area contributed by atoms with E-state index >= 15 is 0 Å². The lowest BCUT2D eigenvalue weighted by molar-refractivity contribution is -0.145. The average molecular weight is 781 g/mol. The summed E-state index contributed by atoms with van der Waals surface area (Å²) >= 11 is 6.87. The van der Waals surface area contributed by atoms with Crippen LogP contribution in [0.25, 0.3) is 11.1 Å². The van der Waals surface area contributed by atoms with E-state index in [-0.39, 0.29) is 19.3 Å². The van der Waals surface area contributed by atoms with Crippen molar-refractivity contribution in [2.24, 2.45) is 0 Å². The molecule has 2 aliphatic rings. The van der Waals surface area contributed by atoms with E-state index in [0.29, 0.717) is 54.7 Å². The summed E-state index contributed by atoms with van der Waals surface area (Å²) in [5.41, 5.74) is 7.19. The standard InChI is InChI=1S/C44H49ClN4O7/c1-30-34(9-5-11-37(30)38-12-6-14-41(31(38)2)53-18-8-16-48-15-7-10-36(26-48)56-29-50)28-55-43-21-42(54-27-33-19-32(22-46)23-47-24-33)35(20-39(43)45)25-49-17-4-3-13-40(49)44(51)52/h5-6,9,11-12,14,19-21,23-24,29,36,40H,3-4,7-8,10,13,15-18,25-28H2,1-2H3,(H,51,52)/t36-,40-/m0/s1. The van der Waals surface area contributed by atoms with Crippen LogP contribution in [0.3, 0.4) is 0 Å². The summed E-state index contributed by atoms with van der Waals surface area (Å²) in [6.07, 6.45) is 8.29. The average Bonchev–Trinajstić information content (AvgIpc) is 3.20. The molecule has 0 spiro atoms. The van der Waals surface area contributed by atoms with Gasteiger partial charge in [0.15, 0.2) is 0 Å². The first-order chi connectivity index (χ1) is 27.2. The van der Waals surface area contributed by atoms with Crippen molar-refractivity contribution in [3.05, 3.63) is 105 Å². The van der Waals surface area contributed by atoms with Crippen LogP contribution in [0.4, 0.5) is 0 Å². The van der Waals surface area contributed by atoms with Crippen molar-refractivity contribution in [2.75, 3.05) is 32.8 Å². The number of aromatic nitrogens is 1. The number of carbonyl (C=O) groups is 2. The van der Waals surface area contributed by atoms with Crippen molar-refractivity contribution in [1.29, 1.82) is 5.26 Å². The molecule has 3 heterocycles. The van der Waals surface area contributed by atoms with Crippen LogP contribution in [0, 0.1) is 25.2 Å². The monoisotopic (exact) mass is 780 g/mol. The van der Waals surface area contributed by atoms with Gasteiger partial charge in [0.1, 0.15) is 48.7 Å². The Morgan fingerprint density at radius 2 is 1.73 bits per heavy atom. The summed E-state index contributed by atoms with van der Waals surface area (Å²) < 4.78 is 24.2. The summed E-state index contributed by atoms with van der Waals surface area (Å²) in [5, 5.41) is 19.7.